The first-order valence-electron chi connectivity index (χ1n) is 8.00. The van der Waals surface area contributed by atoms with E-state index in [4.69, 9.17) is 16.3 Å². The van der Waals surface area contributed by atoms with Crippen LogP contribution >= 0.6 is 11.6 Å². The molecule has 0 saturated carbocycles. The van der Waals surface area contributed by atoms with Gasteiger partial charge in [-0.1, -0.05) is 17.7 Å². The third kappa shape index (κ3) is 3.51. The van der Waals surface area contributed by atoms with E-state index in [1.165, 1.54) is 24.4 Å². The van der Waals surface area contributed by atoms with E-state index in [2.05, 4.69) is 23.2 Å². The summed E-state index contributed by atoms with van der Waals surface area (Å²) in [6.07, 6.45) is 3.54. The lowest BCUT2D eigenvalue weighted by molar-refractivity contribution is 0.0705. The predicted molar refractivity (Wildman–Crippen MR) is 92.7 cm³/mol. The molecule has 0 radical (unpaired) electrons. The Morgan fingerprint density at radius 1 is 1.38 bits per heavy atom. The molecule has 1 atom stereocenters. The number of aryl methyl sites for hydroxylation is 1. The van der Waals surface area contributed by atoms with E-state index in [1.54, 1.807) is 6.07 Å². The Morgan fingerprint density at radius 2 is 2.21 bits per heavy atom. The van der Waals surface area contributed by atoms with Crippen LogP contribution < -0.4 is 4.74 Å². The van der Waals surface area contributed by atoms with Crippen LogP contribution in [-0.4, -0.2) is 41.2 Å². The first-order chi connectivity index (χ1) is 11.6. The molecular weight excluding hydrogens is 326 g/mol. The zero-order valence-electron chi connectivity index (χ0n) is 13.8. The number of amides is 1. The maximum Gasteiger partial charge on any atom is 0.255 e. The minimum absolute atomic E-state index is 0.0282. The number of likely N-dealkylation sites (tertiary alicyclic amines) is 1. The van der Waals surface area contributed by atoms with Gasteiger partial charge in [-0.3, -0.25) is 4.79 Å². The Morgan fingerprint density at radius 3 is 2.96 bits per heavy atom. The van der Waals surface area contributed by atoms with Crippen LogP contribution in [0.2, 0.25) is 5.02 Å². The number of rotatable bonds is 3. The van der Waals surface area contributed by atoms with Crippen molar-refractivity contribution >= 4 is 17.5 Å². The third-order valence-corrected chi connectivity index (χ3v) is 4.70. The second kappa shape index (κ2) is 7.18. The van der Waals surface area contributed by atoms with Crippen molar-refractivity contribution in [3.63, 3.8) is 0 Å². The molecule has 5 nitrogen and oxygen atoms in total. The number of hydrogen-bond acceptors (Lipinski definition) is 4. The fraction of sp³-hybridized carbons (Fsp3) is 0.389. The van der Waals surface area contributed by atoms with Crippen molar-refractivity contribution in [1.82, 2.24) is 15.1 Å². The van der Waals surface area contributed by atoms with Gasteiger partial charge in [0.15, 0.2) is 0 Å². The number of nitrogens with zero attached hydrogens (tertiary/aromatic N) is 3. The van der Waals surface area contributed by atoms with Crippen LogP contribution in [0, 0.1) is 6.92 Å². The van der Waals surface area contributed by atoms with Gasteiger partial charge < -0.3 is 9.64 Å². The zero-order chi connectivity index (χ0) is 17.1. The standard InChI is InChI=1S/C18H20ClN3O2/c1-12-8-15(19)5-6-16(12)13-4-3-7-22(11-13)18(23)14-9-17(24-2)21-20-10-14/h5-6,8-10,13H,3-4,7,11H2,1-2H3/t13-/m0/s1. The van der Waals surface area contributed by atoms with Gasteiger partial charge in [-0.2, -0.15) is 5.10 Å². The third-order valence-electron chi connectivity index (χ3n) is 4.47. The Hall–Kier alpha value is -2.14. The van der Waals surface area contributed by atoms with E-state index in [9.17, 15) is 4.79 Å². The lowest BCUT2D eigenvalue weighted by Crippen LogP contribution is -2.39. The van der Waals surface area contributed by atoms with Gasteiger partial charge in [0, 0.05) is 30.1 Å². The Bertz CT molecular complexity index is 751. The number of ether oxygens (including phenoxy) is 1. The molecule has 1 aromatic heterocycles. The van der Waals surface area contributed by atoms with E-state index in [0.29, 0.717) is 23.9 Å². The Kier molecular flexibility index (Phi) is 5.00. The van der Waals surface area contributed by atoms with E-state index in [1.807, 2.05) is 17.0 Å². The van der Waals surface area contributed by atoms with Gasteiger partial charge in [0.25, 0.3) is 5.91 Å². The monoisotopic (exact) mass is 345 g/mol. The molecule has 1 aliphatic heterocycles. The maximum atomic E-state index is 12.8. The van der Waals surface area contributed by atoms with Gasteiger partial charge in [-0.05, 0) is 43.0 Å². The van der Waals surface area contributed by atoms with Gasteiger partial charge in [-0.15, -0.1) is 5.10 Å². The summed E-state index contributed by atoms with van der Waals surface area (Å²) in [6.45, 7) is 3.53. The van der Waals surface area contributed by atoms with Crippen LogP contribution in [0.1, 0.15) is 40.2 Å². The second-order valence-electron chi connectivity index (χ2n) is 6.08. The van der Waals surface area contributed by atoms with E-state index in [-0.39, 0.29) is 5.91 Å². The molecule has 1 fully saturated rings. The summed E-state index contributed by atoms with van der Waals surface area (Å²) in [4.78, 5) is 14.7. The maximum absolute atomic E-state index is 12.8. The lowest BCUT2D eigenvalue weighted by Gasteiger charge is -2.33. The average Bonchev–Trinajstić information content (AvgIpc) is 2.61. The molecule has 6 heteroatoms. The summed E-state index contributed by atoms with van der Waals surface area (Å²) in [5, 5.41) is 8.39. The van der Waals surface area contributed by atoms with Gasteiger partial charge >= 0.3 is 0 Å². The first kappa shape index (κ1) is 16.7. The van der Waals surface area contributed by atoms with Crippen molar-refractivity contribution in [2.24, 2.45) is 0 Å². The van der Waals surface area contributed by atoms with Crippen molar-refractivity contribution in [1.29, 1.82) is 0 Å². The average molecular weight is 346 g/mol. The van der Waals surface area contributed by atoms with Crippen molar-refractivity contribution in [3.05, 3.63) is 52.2 Å². The van der Waals surface area contributed by atoms with Crippen LogP contribution in [0.15, 0.2) is 30.5 Å². The van der Waals surface area contributed by atoms with Crippen LogP contribution in [0.4, 0.5) is 0 Å². The number of carbonyl (C=O) groups excluding carboxylic acids is 1. The highest BCUT2D eigenvalue weighted by Crippen LogP contribution is 2.31. The highest BCUT2D eigenvalue weighted by molar-refractivity contribution is 6.30. The summed E-state index contributed by atoms with van der Waals surface area (Å²) in [5.41, 5.74) is 2.95. The van der Waals surface area contributed by atoms with Crippen LogP contribution in [-0.2, 0) is 0 Å². The molecule has 1 aliphatic rings. The molecule has 0 unspecified atom stereocenters. The van der Waals surface area contributed by atoms with E-state index >= 15 is 0 Å². The molecular formula is C18H20ClN3O2. The number of methoxy groups -OCH3 is 1. The molecule has 2 heterocycles. The van der Waals surface area contributed by atoms with E-state index < -0.39 is 0 Å². The molecule has 2 aromatic rings. The normalized spacial score (nSPS) is 17.6. The SMILES string of the molecule is COc1cc(C(=O)N2CCC[C@H](c3ccc(Cl)cc3C)C2)cnn1. The molecule has 0 bridgehead atoms. The summed E-state index contributed by atoms with van der Waals surface area (Å²) in [5.74, 6) is 0.652. The van der Waals surface area contributed by atoms with Crippen molar-refractivity contribution < 1.29 is 9.53 Å². The van der Waals surface area contributed by atoms with Gasteiger partial charge in [0.1, 0.15) is 0 Å². The first-order valence-corrected chi connectivity index (χ1v) is 8.38. The summed E-state index contributed by atoms with van der Waals surface area (Å²) < 4.78 is 5.05. The van der Waals surface area contributed by atoms with Gasteiger partial charge in [0.05, 0.1) is 18.9 Å². The summed E-state index contributed by atoms with van der Waals surface area (Å²) in [7, 11) is 1.51. The summed E-state index contributed by atoms with van der Waals surface area (Å²) in [6, 6.07) is 7.61. The van der Waals surface area contributed by atoms with Crippen LogP contribution in [0.25, 0.3) is 0 Å². The minimum Gasteiger partial charge on any atom is -0.480 e. The van der Waals surface area contributed by atoms with Gasteiger partial charge in [-0.25, -0.2) is 0 Å². The fourth-order valence-corrected chi connectivity index (χ4v) is 3.49. The molecule has 3 rings (SSSR count). The molecule has 24 heavy (non-hydrogen) atoms. The number of halogens is 1. The molecule has 1 aromatic carbocycles. The highest BCUT2D eigenvalue weighted by Gasteiger charge is 2.26. The largest absolute Gasteiger partial charge is 0.480 e. The second-order valence-corrected chi connectivity index (χ2v) is 6.51. The molecule has 1 saturated heterocycles. The lowest BCUT2D eigenvalue weighted by atomic mass is 9.88. The van der Waals surface area contributed by atoms with Crippen LogP contribution in [0.3, 0.4) is 0 Å². The number of benzene rings is 1. The zero-order valence-corrected chi connectivity index (χ0v) is 14.6. The number of aromatic nitrogens is 2. The predicted octanol–water partition coefficient (Wildman–Crippen LogP) is 3.47. The molecule has 126 valence electrons. The number of carbonyl (C=O) groups is 1. The van der Waals surface area contributed by atoms with Crippen LogP contribution in [0.5, 0.6) is 5.88 Å². The minimum atomic E-state index is -0.0282. The highest BCUT2D eigenvalue weighted by atomic mass is 35.5. The van der Waals surface area contributed by atoms with Gasteiger partial charge in [0.2, 0.25) is 5.88 Å². The van der Waals surface area contributed by atoms with Crippen molar-refractivity contribution in [2.75, 3.05) is 20.2 Å². The quantitative estimate of drug-likeness (QED) is 0.854. The molecule has 0 aliphatic carbocycles. The molecule has 0 N–H and O–H groups in total. The number of piperidine rings is 1. The Labute approximate surface area is 146 Å². The number of hydrogen-bond donors (Lipinski definition) is 0. The Balaban J connectivity index is 1.78. The van der Waals surface area contributed by atoms with Crippen molar-refractivity contribution in [2.45, 2.75) is 25.7 Å². The summed E-state index contributed by atoms with van der Waals surface area (Å²) >= 11 is 6.05. The fourth-order valence-electron chi connectivity index (χ4n) is 3.26. The molecule has 0 spiro atoms. The topological polar surface area (TPSA) is 55.3 Å². The van der Waals surface area contributed by atoms with E-state index in [0.717, 1.165) is 24.4 Å². The smallest absolute Gasteiger partial charge is 0.255 e. The van der Waals surface area contributed by atoms with Crippen molar-refractivity contribution in [3.8, 4) is 5.88 Å². The molecule has 1 amide bonds.